The minimum absolute atomic E-state index is 0.0691. The second kappa shape index (κ2) is 4.66. The van der Waals surface area contributed by atoms with E-state index in [1.807, 2.05) is 0 Å². The van der Waals surface area contributed by atoms with Gasteiger partial charge in [0.1, 0.15) is 5.82 Å². The number of halogens is 2. The molecule has 1 heterocycles. The molecule has 0 bridgehead atoms. The first kappa shape index (κ1) is 12.4. The van der Waals surface area contributed by atoms with Crippen molar-refractivity contribution in [2.75, 3.05) is 0 Å². The van der Waals surface area contributed by atoms with Gasteiger partial charge in [0.2, 0.25) is 11.8 Å². The second-order valence-corrected chi connectivity index (χ2v) is 3.85. The number of benzene rings is 1. The van der Waals surface area contributed by atoms with Gasteiger partial charge in [0.15, 0.2) is 0 Å². The molecule has 0 aliphatic rings. The number of nitrogens with zero attached hydrogens (tertiary/aromatic N) is 2. The predicted molar refractivity (Wildman–Crippen MR) is 61.5 cm³/mol. The molecule has 7 heteroatoms. The van der Waals surface area contributed by atoms with Crippen LogP contribution < -0.4 is 4.74 Å². The Morgan fingerprint density at radius 2 is 2.22 bits per heavy atom. The van der Waals surface area contributed by atoms with Crippen LogP contribution >= 0.6 is 11.6 Å². The minimum atomic E-state index is -0.565. The largest absolute Gasteiger partial charge is 0.493 e. The molecule has 94 valence electrons. The molecule has 0 radical (unpaired) electrons. The summed E-state index contributed by atoms with van der Waals surface area (Å²) in [4.78, 5) is 10.8. The summed E-state index contributed by atoms with van der Waals surface area (Å²) in [5, 5.41) is 13.5. The second-order valence-electron chi connectivity index (χ2n) is 3.44. The van der Waals surface area contributed by atoms with E-state index in [0.717, 1.165) is 16.8 Å². The molecular weight excluding hydrogens is 263 g/mol. The van der Waals surface area contributed by atoms with Crippen molar-refractivity contribution in [2.24, 2.45) is 0 Å². The van der Waals surface area contributed by atoms with Crippen LogP contribution in [0.15, 0.2) is 24.3 Å². The van der Waals surface area contributed by atoms with Crippen LogP contribution in [0.25, 0.3) is 5.69 Å². The molecule has 0 saturated heterocycles. The summed E-state index contributed by atoms with van der Waals surface area (Å²) in [6, 6.07) is 4.76. The lowest BCUT2D eigenvalue weighted by atomic mass is 10.3. The lowest BCUT2D eigenvalue weighted by molar-refractivity contribution is -0.132. The van der Waals surface area contributed by atoms with E-state index >= 15 is 0 Å². The van der Waals surface area contributed by atoms with Gasteiger partial charge < -0.3 is 9.84 Å². The third-order valence-corrected chi connectivity index (χ3v) is 2.36. The Balaban J connectivity index is 2.44. The number of aromatic nitrogens is 2. The van der Waals surface area contributed by atoms with Crippen LogP contribution in [0.3, 0.4) is 0 Å². The smallest absolute Gasteiger partial charge is 0.309 e. The van der Waals surface area contributed by atoms with Gasteiger partial charge in [0.25, 0.3) is 0 Å². The molecule has 0 fully saturated rings. The van der Waals surface area contributed by atoms with E-state index in [-0.39, 0.29) is 22.5 Å². The molecule has 2 rings (SSSR count). The molecule has 1 aromatic carbocycles. The van der Waals surface area contributed by atoms with Crippen molar-refractivity contribution in [2.45, 2.75) is 6.92 Å². The van der Waals surface area contributed by atoms with Gasteiger partial charge in [-0.1, -0.05) is 11.6 Å². The maximum Gasteiger partial charge on any atom is 0.309 e. The Kier molecular flexibility index (Phi) is 3.20. The summed E-state index contributed by atoms with van der Waals surface area (Å²) >= 11 is 5.83. The highest BCUT2D eigenvalue weighted by Gasteiger charge is 2.13. The van der Waals surface area contributed by atoms with Gasteiger partial charge in [0, 0.05) is 6.92 Å². The fourth-order valence-electron chi connectivity index (χ4n) is 1.38. The SMILES string of the molecule is CC(=O)Oc1cc(O)n(-c2ccc(F)cc2Cl)n1. The van der Waals surface area contributed by atoms with Crippen molar-refractivity contribution < 1.29 is 19.0 Å². The Morgan fingerprint density at radius 3 is 2.83 bits per heavy atom. The number of aromatic hydroxyl groups is 1. The molecule has 0 unspecified atom stereocenters. The Labute approximate surface area is 106 Å². The molecule has 0 spiro atoms. The van der Waals surface area contributed by atoms with Gasteiger partial charge in [-0.15, -0.1) is 5.10 Å². The molecule has 0 aliphatic heterocycles. The fourth-order valence-corrected chi connectivity index (χ4v) is 1.62. The number of hydrogen-bond acceptors (Lipinski definition) is 4. The number of esters is 1. The third-order valence-electron chi connectivity index (χ3n) is 2.05. The quantitative estimate of drug-likeness (QED) is 0.851. The average Bonchev–Trinajstić information content (AvgIpc) is 2.58. The highest BCUT2D eigenvalue weighted by atomic mass is 35.5. The van der Waals surface area contributed by atoms with Crippen molar-refractivity contribution >= 4 is 17.6 Å². The van der Waals surface area contributed by atoms with Gasteiger partial charge >= 0.3 is 5.97 Å². The average molecular weight is 271 g/mol. The van der Waals surface area contributed by atoms with E-state index in [4.69, 9.17) is 16.3 Å². The summed E-state index contributed by atoms with van der Waals surface area (Å²) in [6.07, 6.45) is 0. The monoisotopic (exact) mass is 270 g/mol. The fraction of sp³-hybridized carbons (Fsp3) is 0.0909. The topological polar surface area (TPSA) is 64.3 Å². The Hall–Kier alpha value is -2.08. The highest BCUT2D eigenvalue weighted by Crippen LogP contribution is 2.27. The zero-order valence-corrected chi connectivity index (χ0v) is 9.98. The van der Waals surface area contributed by atoms with Crippen LogP contribution in [0.4, 0.5) is 4.39 Å². The van der Waals surface area contributed by atoms with E-state index < -0.39 is 11.8 Å². The van der Waals surface area contributed by atoms with Crippen molar-refractivity contribution in [1.82, 2.24) is 9.78 Å². The summed E-state index contributed by atoms with van der Waals surface area (Å²) in [6.45, 7) is 1.21. The van der Waals surface area contributed by atoms with Crippen LogP contribution in [0.5, 0.6) is 11.8 Å². The first-order valence-electron chi connectivity index (χ1n) is 4.90. The van der Waals surface area contributed by atoms with Crippen LogP contribution in [0, 0.1) is 5.82 Å². The maximum atomic E-state index is 12.9. The van der Waals surface area contributed by atoms with Crippen LogP contribution in [-0.4, -0.2) is 20.9 Å². The normalized spacial score (nSPS) is 10.4. The van der Waals surface area contributed by atoms with Gasteiger partial charge in [-0.3, -0.25) is 4.79 Å². The Bertz CT molecular complexity index is 612. The molecule has 5 nitrogen and oxygen atoms in total. The first-order chi connectivity index (χ1) is 8.47. The maximum absolute atomic E-state index is 12.9. The lowest BCUT2D eigenvalue weighted by Gasteiger charge is -2.04. The Morgan fingerprint density at radius 1 is 1.50 bits per heavy atom. The van der Waals surface area contributed by atoms with E-state index in [1.54, 1.807) is 0 Å². The lowest BCUT2D eigenvalue weighted by Crippen LogP contribution is -2.03. The molecule has 1 N–H and O–H groups in total. The van der Waals surface area contributed by atoms with E-state index in [9.17, 15) is 14.3 Å². The van der Waals surface area contributed by atoms with Crippen molar-refractivity contribution in [3.05, 3.63) is 35.1 Å². The molecule has 0 aliphatic carbocycles. The van der Waals surface area contributed by atoms with Gasteiger partial charge in [-0.05, 0) is 18.2 Å². The van der Waals surface area contributed by atoms with Crippen molar-refractivity contribution in [3.8, 4) is 17.4 Å². The van der Waals surface area contributed by atoms with E-state index in [1.165, 1.54) is 19.1 Å². The molecule has 0 atom stereocenters. The van der Waals surface area contributed by atoms with Gasteiger partial charge in [-0.2, -0.15) is 4.68 Å². The van der Waals surface area contributed by atoms with Gasteiger partial charge in [-0.25, -0.2) is 4.39 Å². The number of carbonyl (C=O) groups is 1. The van der Waals surface area contributed by atoms with Crippen LogP contribution in [-0.2, 0) is 4.79 Å². The number of ether oxygens (including phenoxy) is 1. The van der Waals surface area contributed by atoms with Gasteiger partial charge in [0.05, 0.1) is 16.8 Å². The third kappa shape index (κ3) is 2.43. The van der Waals surface area contributed by atoms with E-state index in [2.05, 4.69) is 5.10 Å². The molecule has 1 aromatic heterocycles. The zero-order valence-electron chi connectivity index (χ0n) is 9.22. The molecule has 0 saturated carbocycles. The summed E-state index contributed by atoms with van der Waals surface area (Å²) < 4.78 is 18.6. The van der Waals surface area contributed by atoms with E-state index in [0.29, 0.717) is 0 Å². The summed E-state index contributed by atoms with van der Waals surface area (Å²) in [7, 11) is 0. The number of hydrogen-bond donors (Lipinski definition) is 1. The minimum Gasteiger partial charge on any atom is -0.493 e. The molecule has 2 aromatic rings. The first-order valence-corrected chi connectivity index (χ1v) is 5.28. The number of rotatable bonds is 2. The van der Waals surface area contributed by atoms with Crippen LogP contribution in [0.1, 0.15) is 6.92 Å². The predicted octanol–water partition coefficient (Wildman–Crippen LogP) is 2.30. The van der Waals surface area contributed by atoms with Crippen molar-refractivity contribution in [3.63, 3.8) is 0 Å². The summed E-state index contributed by atoms with van der Waals surface area (Å²) in [5.74, 6) is -1.42. The standard InChI is InChI=1S/C11H8ClFN2O3/c1-6(16)18-10-5-11(17)15(14-10)9-3-2-7(13)4-8(9)12/h2-5,17H,1H3. The summed E-state index contributed by atoms with van der Waals surface area (Å²) in [5.41, 5.74) is 0.272. The molecule has 18 heavy (non-hydrogen) atoms. The highest BCUT2D eigenvalue weighted by molar-refractivity contribution is 6.32. The van der Waals surface area contributed by atoms with Crippen LogP contribution in [0.2, 0.25) is 5.02 Å². The van der Waals surface area contributed by atoms with Crippen molar-refractivity contribution in [1.29, 1.82) is 0 Å². The zero-order chi connectivity index (χ0) is 13.3. The molecular formula is C11H8ClFN2O3. The molecule has 0 amide bonds. The number of carbonyl (C=O) groups excluding carboxylic acids is 1.